The topological polar surface area (TPSA) is 76.1 Å². The Labute approximate surface area is 221 Å². The molecule has 190 valence electrons. The van der Waals surface area contributed by atoms with Crippen molar-refractivity contribution in [3.05, 3.63) is 131 Å². The lowest BCUT2D eigenvalue weighted by atomic mass is 9.95. The van der Waals surface area contributed by atoms with Crippen LogP contribution in [0.1, 0.15) is 29.7 Å². The van der Waals surface area contributed by atoms with Crippen LogP contribution in [0, 0.1) is 0 Å². The van der Waals surface area contributed by atoms with Crippen molar-refractivity contribution >= 4 is 23.1 Å². The van der Waals surface area contributed by atoms with Crippen LogP contribution in [-0.4, -0.2) is 23.4 Å². The molecule has 1 N–H and O–H groups in total. The highest BCUT2D eigenvalue weighted by Crippen LogP contribution is 2.42. The van der Waals surface area contributed by atoms with Crippen LogP contribution >= 0.6 is 0 Å². The number of rotatable bonds is 8. The van der Waals surface area contributed by atoms with Gasteiger partial charge in [0.25, 0.3) is 11.7 Å². The summed E-state index contributed by atoms with van der Waals surface area (Å²) in [4.78, 5) is 28.0. The molecule has 1 atom stereocenters. The molecule has 1 saturated heterocycles. The predicted octanol–water partition coefficient (Wildman–Crippen LogP) is 6.29. The second kappa shape index (κ2) is 11.0. The summed E-state index contributed by atoms with van der Waals surface area (Å²) in [5.41, 5.74) is 2.74. The number of hydrogen-bond acceptors (Lipinski definition) is 5. The van der Waals surface area contributed by atoms with Gasteiger partial charge in [-0.3, -0.25) is 14.5 Å². The van der Waals surface area contributed by atoms with E-state index in [1.165, 1.54) is 4.90 Å². The van der Waals surface area contributed by atoms with E-state index in [1.807, 2.05) is 55.5 Å². The van der Waals surface area contributed by atoms with Gasteiger partial charge in [-0.05, 0) is 66.6 Å². The zero-order valence-electron chi connectivity index (χ0n) is 20.9. The summed E-state index contributed by atoms with van der Waals surface area (Å²) < 4.78 is 11.4. The number of anilines is 1. The first-order chi connectivity index (χ1) is 18.6. The van der Waals surface area contributed by atoms with Crippen molar-refractivity contribution in [1.29, 1.82) is 0 Å². The first-order valence-corrected chi connectivity index (χ1v) is 12.4. The largest absolute Gasteiger partial charge is 0.507 e. The van der Waals surface area contributed by atoms with Crippen LogP contribution in [0.3, 0.4) is 0 Å². The first-order valence-electron chi connectivity index (χ1n) is 12.4. The van der Waals surface area contributed by atoms with E-state index in [0.29, 0.717) is 41.5 Å². The minimum Gasteiger partial charge on any atom is -0.507 e. The summed E-state index contributed by atoms with van der Waals surface area (Å²) in [6.45, 7) is 2.82. The van der Waals surface area contributed by atoms with Gasteiger partial charge in [0.2, 0.25) is 0 Å². The maximum atomic E-state index is 13.3. The molecule has 1 unspecified atom stereocenters. The molecule has 38 heavy (non-hydrogen) atoms. The second-order valence-corrected chi connectivity index (χ2v) is 8.81. The Morgan fingerprint density at radius 2 is 1.34 bits per heavy atom. The molecule has 6 nitrogen and oxygen atoms in total. The molecule has 1 heterocycles. The number of ether oxygens (including phenoxy) is 2. The molecule has 1 amide bonds. The Kier molecular flexibility index (Phi) is 7.22. The fourth-order valence-corrected chi connectivity index (χ4v) is 4.52. The van der Waals surface area contributed by atoms with Crippen molar-refractivity contribution in [2.75, 3.05) is 11.5 Å². The molecule has 0 aromatic heterocycles. The highest BCUT2D eigenvalue weighted by molar-refractivity contribution is 6.51. The van der Waals surface area contributed by atoms with Crippen molar-refractivity contribution in [3.8, 4) is 11.5 Å². The summed E-state index contributed by atoms with van der Waals surface area (Å²) in [5.74, 6) is -0.371. The van der Waals surface area contributed by atoms with Gasteiger partial charge in [-0.15, -0.1) is 0 Å². The van der Waals surface area contributed by atoms with Gasteiger partial charge in [-0.2, -0.15) is 0 Å². The number of carbonyl (C=O) groups is 2. The number of hydrogen-bond donors (Lipinski definition) is 1. The van der Waals surface area contributed by atoms with E-state index in [2.05, 4.69) is 0 Å². The maximum absolute atomic E-state index is 13.3. The third-order valence-corrected chi connectivity index (χ3v) is 6.36. The Morgan fingerprint density at radius 1 is 0.763 bits per heavy atom. The molecule has 0 bridgehead atoms. The first kappa shape index (κ1) is 24.8. The van der Waals surface area contributed by atoms with Crippen molar-refractivity contribution in [1.82, 2.24) is 0 Å². The fourth-order valence-electron chi connectivity index (χ4n) is 4.52. The van der Waals surface area contributed by atoms with E-state index >= 15 is 0 Å². The Balaban J connectivity index is 1.53. The third kappa shape index (κ3) is 5.02. The van der Waals surface area contributed by atoms with Gasteiger partial charge in [-0.25, -0.2) is 0 Å². The number of Topliss-reactive ketones (excluding diaryl/α,β-unsaturated/α-hetero) is 1. The smallest absolute Gasteiger partial charge is 0.300 e. The summed E-state index contributed by atoms with van der Waals surface area (Å²) in [7, 11) is 0. The average molecular weight is 506 g/mol. The average Bonchev–Trinajstić information content (AvgIpc) is 3.23. The van der Waals surface area contributed by atoms with Crippen LogP contribution in [0.2, 0.25) is 0 Å². The van der Waals surface area contributed by atoms with E-state index < -0.39 is 17.7 Å². The van der Waals surface area contributed by atoms with Gasteiger partial charge in [0.05, 0.1) is 18.2 Å². The molecule has 1 aliphatic heterocycles. The van der Waals surface area contributed by atoms with Gasteiger partial charge in [0, 0.05) is 11.3 Å². The van der Waals surface area contributed by atoms with Crippen molar-refractivity contribution in [2.45, 2.75) is 19.6 Å². The van der Waals surface area contributed by atoms with E-state index in [-0.39, 0.29) is 11.3 Å². The van der Waals surface area contributed by atoms with Crippen molar-refractivity contribution < 1.29 is 24.2 Å². The van der Waals surface area contributed by atoms with Crippen molar-refractivity contribution in [2.24, 2.45) is 0 Å². The summed E-state index contributed by atoms with van der Waals surface area (Å²) in [6.07, 6.45) is 0. The number of aliphatic hydroxyl groups is 1. The standard InChI is InChI=1S/C32H27NO5/c1-2-37-26-19-15-24(16-20-26)30(34)28-29(33(32(36)31(28)35)25-11-7-4-8-12-25)23-13-17-27(18-14-23)38-21-22-9-5-3-6-10-22/h3-20,29,34H,2,21H2,1H3/b30-28-. The number of ketones is 1. The minimum absolute atomic E-state index is 0.0287. The number of para-hydroxylation sites is 1. The number of benzene rings is 4. The molecule has 4 aromatic carbocycles. The molecule has 0 aliphatic carbocycles. The molecule has 5 rings (SSSR count). The normalized spacial score (nSPS) is 16.4. The quantitative estimate of drug-likeness (QED) is 0.173. The van der Waals surface area contributed by atoms with Crippen molar-refractivity contribution in [3.63, 3.8) is 0 Å². The molecule has 0 saturated carbocycles. The molecule has 0 radical (unpaired) electrons. The van der Waals surface area contributed by atoms with E-state index in [1.54, 1.807) is 60.7 Å². The lowest BCUT2D eigenvalue weighted by Crippen LogP contribution is -2.29. The maximum Gasteiger partial charge on any atom is 0.300 e. The minimum atomic E-state index is -0.813. The molecule has 1 fully saturated rings. The fraction of sp³-hybridized carbons (Fsp3) is 0.125. The van der Waals surface area contributed by atoms with Gasteiger partial charge in [-0.1, -0.05) is 60.7 Å². The molecule has 0 spiro atoms. The zero-order chi connectivity index (χ0) is 26.5. The van der Waals surface area contributed by atoms with Gasteiger partial charge in [0.15, 0.2) is 0 Å². The monoisotopic (exact) mass is 505 g/mol. The molecule has 1 aliphatic rings. The molecular formula is C32H27NO5. The number of carbonyl (C=O) groups excluding carboxylic acids is 2. The summed E-state index contributed by atoms with van der Waals surface area (Å²) >= 11 is 0. The van der Waals surface area contributed by atoms with Crippen LogP contribution in [0.15, 0.2) is 115 Å². The number of nitrogens with zero attached hydrogens (tertiary/aromatic N) is 1. The highest BCUT2D eigenvalue weighted by Gasteiger charge is 2.46. The molecule has 6 heteroatoms. The van der Waals surface area contributed by atoms with E-state index in [0.717, 1.165) is 5.56 Å². The Morgan fingerprint density at radius 3 is 1.97 bits per heavy atom. The predicted molar refractivity (Wildman–Crippen MR) is 146 cm³/mol. The number of amides is 1. The van der Waals surface area contributed by atoms with Gasteiger partial charge in [0.1, 0.15) is 23.9 Å². The van der Waals surface area contributed by atoms with Gasteiger partial charge < -0.3 is 14.6 Å². The third-order valence-electron chi connectivity index (χ3n) is 6.36. The Hall–Kier alpha value is -4.84. The lowest BCUT2D eigenvalue weighted by Gasteiger charge is -2.25. The molecular weight excluding hydrogens is 478 g/mol. The SMILES string of the molecule is CCOc1ccc(/C(O)=C2/C(=O)C(=O)N(c3ccccc3)C2c2ccc(OCc3ccccc3)cc2)cc1. The summed E-state index contributed by atoms with van der Waals surface area (Å²) in [5, 5.41) is 11.3. The van der Waals surface area contributed by atoms with E-state index in [4.69, 9.17) is 9.47 Å². The van der Waals surface area contributed by atoms with Crippen LogP contribution in [0.5, 0.6) is 11.5 Å². The number of aliphatic hydroxyl groups excluding tert-OH is 1. The van der Waals surface area contributed by atoms with Crippen LogP contribution in [0.4, 0.5) is 5.69 Å². The van der Waals surface area contributed by atoms with Gasteiger partial charge >= 0.3 is 0 Å². The molecule has 4 aromatic rings. The Bertz CT molecular complexity index is 1450. The highest BCUT2D eigenvalue weighted by atomic mass is 16.5. The zero-order valence-corrected chi connectivity index (χ0v) is 20.9. The van der Waals surface area contributed by atoms with Crippen LogP contribution in [0.25, 0.3) is 5.76 Å². The van der Waals surface area contributed by atoms with Crippen LogP contribution < -0.4 is 14.4 Å². The summed E-state index contributed by atoms with van der Waals surface area (Å²) in [6, 6.07) is 32.1. The lowest BCUT2D eigenvalue weighted by molar-refractivity contribution is -0.132. The van der Waals surface area contributed by atoms with Crippen LogP contribution in [-0.2, 0) is 16.2 Å². The van der Waals surface area contributed by atoms with E-state index in [9.17, 15) is 14.7 Å². The second-order valence-electron chi connectivity index (χ2n) is 8.81.